The van der Waals surface area contributed by atoms with E-state index in [4.69, 9.17) is 0 Å². The zero-order valence-corrected chi connectivity index (χ0v) is 15.4. The Morgan fingerprint density at radius 3 is 2.80 bits per heavy atom. The van der Waals surface area contributed by atoms with Crippen LogP contribution in [0.3, 0.4) is 0 Å². The van der Waals surface area contributed by atoms with Gasteiger partial charge in [-0.25, -0.2) is 14.5 Å². The fraction of sp³-hybridized carbons (Fsp3) is 0.647. The summed E-state index contributed by atoms with van der Waals surface area (Å²) in [4.78, 5) is 19.0. The molecule has 8 heteroatoms. The van der Waals surface area contributed by atoms with E-state index in [1.165, 1.54) is 6.33 Å². The van der Waals surface area contributed by atoms with Crippen molar-refractivity contribution < 1.29 is 4.79 Å². The number of aryl methyl sites for hydroxylation is 1. The Hall–Kier alpha value is -2.38. The molecule has 1 fully saturated rings. The second kappa shape index (κ2) is 6.85. The lowest BCUT2D eigenvalue weighted by Gasteiger charge is -2.35. The maximum Gasteiger partial charge on any atom is 0.318 e. The SMILES string of the molecule is Cn1nccc1[C@@H]1CCCCN1C(=O)NCc1ncnn1C(C)(C)C. The van der Waals surface area contributed by atoms with Gasteiger partial charge in [-0.2, -0.15) is 10.2 Å². The highest BCUT2D eigenvalue weighted by atomic mass is 16.2. The average molecular weight is 345 g/mol. The summed E-state index contributed by atoms with van der Waals surface area (Å²) < 4.78 is 3.70. The summed E-state index contributed by atoms with van der Waals surface area (Å²) in [6.07, 6.45) is 6.43. The van der Waals surface area contributed by atoms with Crippen LogP contribution < -0.4 is 5.32 Å². The van der Waals surface area contributed by atoms with Crippen LogP contribution in [0.25, 0.3) is 0 Å². The molecule has 2 aromatic heterocycles. The van der Waals surface area contributed by atoms with Crippen molar-refractivity contribution in [3.63, 3.8) is 0 Å². The van der Waals surface area contributed by atoms with Crippen molar-refractivity contribution in [2.75, 3.05) is 6.54 Å². The van der Waals surface area contributed by atoms with Crippen molar-refractivity contribution in [2.45, 2.75) is 58.2 Å². The third-order valence-electron chi connectivity index (χ3n) is 4.62. The Morgan fingerprint density at radius 1 is 1.32 bits per heavy atom. The van der Waals surface area contributed by atoms with Crippen LogP contribution in [0.4, 0.5) is 4.79 Å². The van der Waals surface area contributed by atoms with Crippen LogP contribution in [0.15, 0.2) is 18.6 Å². The van der Waals surface area contributed by atoms with Crippen molar-refractivity contribution in [3.05, 3.63) is 30.1 Å². The largest absolute Gasteiger partial charge is 0.331 e. The monoisotopic (exact) mass is 345 g/mol. The molecule has 1 aliphatic rings. The first-order valence-electron chi connectivity index (χ1n) is 8.79. The molecule has 3 heterocycles. The summed E-state index contributed by atoms with van der Waals surface area (Å²) in [6.45, 7) is 7.32. The van der Waals surface area contributed by atoms with E-state index in [1.54, 1.807) is 6.20 Å². The third-order valence-corrected chi connectivity index (χ3v) is 4.62. The number of aromatic nitrogens is 5. The number of carbonyl (C=O) groups is 1. The molecule has 1 aliphatic heterocycles. The van der Waals surface area contributed by atoms with Crippen LogP contribution in [0.2, 0.25) is 0 Å². The highest BCUT2D eigenvalue weighted by molar-refractivity contribution is 5.74. The lowest BCUT2D eigenvalue weighted by Crippen LogP contribution is -2.45. The van der Waals surface area contributed by atoms with Gasteiger partial charge in [0, 0.05) is 19.8 Å². The number of carbonyl (C=O) groups excluding carboxylic acids is 1. The van der Waals surface area contributed by atoms with Crippen LogP contribution in [0.5, 0.6) is 0 Å². The van der Waals surface area contributed by atoms with E-state index >= 15 is 0 Å². The van der Waals surface area contributed by atoms with Crippen LogP contribution in [0, 0.1) is 0 Å². The van der Waals surface area contributed by atoms with E-state index in [-0.39, 0.29) is 17.6 Å². The number of piperidine rings is 1. The van der Waals surface area contributed by atoms with Crippen LogP contribution in [-0.4, -0.2) is 42.0 Å². The Morgan fingerprint density at radius 2 is 2.12 bits per heavy atom. The van der Waals surface area contributed by atoms with E-state index < -0.39 is 0 Å². The molecule has 1 saturated heterocycles. The summed E-state index contributed by atoms with van der Waals surface area (Å²) in [5, 5.41) is 11.5. The summed E-state index contributed by atoms with van der Waals surface area (Å²) in [7, 11) is 1.92. The predicted molar refractivity (Wildman–Crippen MR) is 93.8 cm³/mol. The van der Waals surface area contributed by atoms with Gasteiger partial charge in [-0.05, 0) is 46.1 Å². The number of urea groups is 1. The Balaban J connectivity index is 1.70. The molecule has 1 N–H and O–H groups in total. The highest BCUT2D eigenvalue weighted by Gasteiger charge is 2.30. The number of nitrogens with one attached hydrogen (secondary N) is 1. The van der Waals surface area contributed by atoms with Crippen LogP contribution in [0.1, 0.15) is 57.6 Å². The lowest BCUT2D eigenvalue weighted by molar-refractivity contribution is 0.147. The first-order chi connectivity index (χ1) is 11.9. The minimum Gasteiger partial charge on any atom is -0.331 e. The summed E-state index contributed by atoms with van der Waals surface area (Å²) in [6, 6.07) is 2.00. The van der Waals surface area contributed by atoms with Gasteiger partial charge in [-0.1, -0.05) is 0 Å². The van der Waals surface area contributed by atoms with Crippen molar-refractivity contribution in [1.82, 2.24) is 34.8 Å². The minimum atomic E-state index is -0.168. The second-order valence-corrected chi connectivity index (χ2v) is 7.50. The molecule has 0 radical (unpaired) electrons. The standard InChI is InChI=1S/C17H27N7O/c1-17(2,3)24-15(19-12-21-24)11-18-16(25)23-10-6-5-7-14(23)13-8-9-20-22(13)4/h8-9,12,14H,5-7,10-11H2,1-4H3,(H,18,25)/t14-/m0/s1. The first kappa shape index (κ1) is 17.4. The number of amides is 2. The van der Waals surface area contributed by atoms with Gasteiger partial charge >= 0.3 is 6.03 Å². The molecule has 0 aliphatic carbocycles. The quantitative estimate of drug-likeness (QED) is 0.925. The fourth-order valence-corrected chi connectivity index (χ4v) is 3.40. The van der Waals surface area contributed by atoms with Gasteiger partial charge in [0.05, 0.1) is 23.8 Å². The molecule has 1 atom stereocenters. The summed E-state index contributed by atoms with van der Waals surface area (Å²) >= 11 is 0. The maximum absolute atomic E-state index is 12.8. The van der Waals surface area contributed by atoms with Crippen LogP contribution in [-0.2, 0) is 19.1 Å². The number of likely N-dealkylation sites (tertiary alicyclic amines) is 1. The molecule has 3 rings (SSSR count). The van der Waals surface area contributed by atoms with E-state index in [9.17, 15) is 4.79 Å². The number of nitrogens with zero attached hydrogens (tertiary/aromatic N) is 6. The Labute approximate surface area is 148 Å². The molecule has 0 saturated carbocycles. The van der Waals surface area contributed by atoms with Crippen molar-refractivity contribution in [2.24, 2.45) is 7.05 Å². The molecule has 0 aromatic carbocycles. The fourth-order valence-electron chi connectivity index (χ4n) is 3.40. The zero-order chi connectivity index (χ0) is 18.0. The third kappa shape index (κ3) is 3.67. The molecule has 2 amide bonds. The van der Waals surface area contributed by atoms with Gasteiger partial charge < -0.3 is 10.2 Å². The van der Waals surface area contributed by atoms with E-state index in [1.807, 2.05) is 27.4 Å². The average Bonchev–Trinajstić information content (AvgIpc) is 3.21. The molecule has 8 nitrogen and oxygen atoms in total. The molecule has 0 bridgehead atoms. The van der Waals surface area contributed by atoms with Gasteiger partial charge in [-0.3, -0.25) is 4.68 Å². The van der Waals surface area contributed by atoms with Crippen molar-refractivity contribution >= 4 is 6.03 Å². The predicted octanol–water partition coefficient (Wildman–Crippen LogP) is 2.20. The summed E-state index contributed by atoms with van der Waals surface area (Å²) in [5.41, 5.74) is 0.909. The molecule has 25 heavy (non-hydrogen) atoms. The highest BCUT2D eigenvalue weighted by Crippen LogP contribution is 2.30. The number of rotatable bonds is 3. The van der Waals surface area contributed by atoms with Gasteiger partial charge in [0.1, 0.15) is 12.2 Å². The first-order valence-corrected chi connectivity index (χ1v) is 8.79. The normalized spacial score (nSPS) is 18.4. The van der Waals surface area contributed by atoms with Crippen LogP contribution >= 0.6 is 0 Å². The number of hydrogen-bond acceptors (Lipinski definition) is 4. The molecule has 136 valence electrons. The summed E-state index contributed by atoms with van der Waals surface area (Å²) in [5.74, 6) is 0.759. The zero-order valence-electron chi connectivity index (χ0n) is 15.4. The van der Waals surface area contributed by atoms with Gasteiger partial charge in [-0.15, -0.1) is 0 Å². The Bertz CT molecular complexity index is 727. The van der Waals surface area contributed by atoms with Gasteiger partial charge in [0.25, 0.3) is 0 Å². The van der Waals surface area contributed by atoms with Gasteiger partial charge in [0.15, 0.2) is 0 Å². The lowest BCUT2D eigenvalue weighted by atomic mass is 10.00. The molecule has 0 spiro atoms. The van der Waals surface area contributed by atoms with E-state index in [0.29, 0.717) is 6.54 Å². The van der Waals surface area contributed by atoms with Crippen molar-refractivity contribution in [3.8, 4) is 0 Å². The Kier molecular flexibility index (Phi) is 4.78. The molecule has 2 aromatic rings. The minimum absolute atomic E-state index is 0.0608. The second-order valence-electron chi connectivity index (χ2n) is 7.50. The van der Waals surface area contributed by atoms with E-state index in [0.717, 1.165) is 37.3 Å². The van der Waals surface area contributed by atoms with Crippen molar-refractivity contribution in [1.29, 1.82) is 0 Å². The smallest absolute Gasteiger partial charge is 0.318 e. The number of hydrogen-bond donors (Lipinski definition) is 1. The topological polar surface area (TPSA) is 80.9 Å². The molecular formula is C17H27N7O. The van der Waals surface area contributed by atoms with E-state index in [2.05, 4.69) is 41.3 Å². The van der Waals surface area contributed by atoms with Gasteiger partial charge in [0.2, 0.25) is 0 Å². The molecule has 0 unspecified atom stereocenters. The maximum atomic E-state index is 12.8. The molecular weight excluding hydrogens is 318 g/mol.